The molecule has 3 rings (SSSR count). The highest BCUT2D eigenvalue weighted by Crippen LogP contribution is 2.40. The molecule has 1 N–H and O–H groups in total. The fraction of sp³-hybridized carbons (Fsp3) is 0.400. The third-order valence-electron chi connectivity index (χ3n) is 4.24. The SMILES string of the molecule is CC1CCc2c(sc(NC(=O)/C=C/c3cccs3)c2C(=O)OC(C)C)C1. The van der Waals surface area contributed by atoms with Crippen LogP contribution >= 0.6 is 22.7 Å². The minimum atomic E-state index is -0.343. The third-order valence-corrected chi connectivity index (χ3v) is 6.24. The first kappa shape index (κ1) is 18.9. The molecule has 1 amide bonds. The van der Waals surface area contributed by atoms with Gasteiger partial charge in [0.25, 0.3) is 0 Å². The minimum Gasteiger partial charge on any atom is -0.459 e. The summed E-state index contributed by atoms with van der Waals surface area (Å²) < 4.78 is 5.43. The van der Waals surface area contributed by atoms with Crippen molar-refractivity contribution >= 4 is 45.6 Å². The van der Waals surface area contributed by atoms with Gasteiger partial charge in [0.2, 0.25) is 5.91 Å². The summed E-state index contributed by atoms with van der Waals surface area (Å²) in [7, 11) is 0. The molecule has 138 valence electrons. The van der Waals surface area contributed by atoms with Crippen molar-refractivity contribution in [1.29, 1.82) is 0 Å². The molecule has 0 saturated carbocycles. The Morgan fingerprint density at radius 1 is 1.38 bits per heavy atom. The summed E-state index contributed by atoms with van der Waals surface area (Å²) in [4.78, 5) is 27.2. The Kier molecular flexibility index (Phi) is 5.94. The standard InChI is InChI=1S/C20H23NO3S2/c1-12(2)24-20(23)18-15-8-6-13(3)11-16(15)26-19(18)21-17(22)9-7-14-5-4-10-25-14/h4-5,7,9-10,12-13H,6,8,11H2,1-3H3,(H,21,22)/b9-7+. The second-order valence-electron chi connectivity index (χ2n) is 6.85. The van der Waals surface area contributed by atoms with Gasteiger partial charge in [-0.05, 0) is 62.1 Å². The molecule has 2 heterocycles. The zero-order valence-electron chi connectivity index (χ0n) is 15.2. The summed E-state index contributed by atoms with van der Waals surface area (Å²) in [6.07, 6.45) is 5.95. The van der Waals surface area contributed by atoms with E-state index < -0.39 is 0 Å². The van der Waals surface area contributed by atoms with Crippen LogP contribution in [0.2, 0.25) is 0 Å². The molecule has 0 spiro atoms. The van der Waals surface area contributed by atoms with Crippen LogP contribution in [0.5, 0.6) is 0 Å². The summed E-state index contributed by atoms with van der Waals surface area (Å²) in [6.45, 7) is 5.89. The average Bonchev–Trinajstić information content (AvgIpc) is 3.18. The van der Waals surface area contributed by atoms with Crippen molar-refractivity contribution in [2.45, 2.75) is 46.1 Å². The Morgan fingerprint density at radius 2 is 2.19 bits per heavy atom. The molecular weight excluding hydrogens is 366 g/mol. The van der Waals surface area contributed by atoms with E-state index >= 15 is 0 Å². The predicted octanol–water partition coefficient (Wildman–Crippen LogP) is 5.15. The van der Waals surface area contributed by atoms with Crippen LogP contribution in [0, 0.1) is 5.92 Å². The van der Waals surface area contributed by atoms with E-state index in [4.69, 9.17) is 4.74 Å². The maximum atomic E-state index is 12.6. The van der Waals surface area contributed by atoms with Crippen LogP contribution < -0.4 is 5.32 Å². The molecule has 1 unspecified atom stereocenters. The largest absolute Gasteiger partial charge is 0.459 e. The average molecular weight is 390 g/mol. The van der Waals surface area contributed by atoms with Gasteiger partial charge in [-0.3, -0.25) is 4.79 Å². The van der Waals surface area contributed by atoms with Crippen molar-refractivity contribution in [3.05, 3.63) is 44.5 Å². The van der Waals surface area contributed by atoms with Gasteiger partial charge in [0.05, 0.1) is 11.7 Å². The number of thiophene rings is 2. The molecule has 1 aliphatic rings. The van der Waals surface area contributed by atoms with Crippen LogP contribution in [-0.4, -0.2) is 18.0 Å². The van der Waals surface area contributed by atoms with Gasteiger partial charge in [-0.2, -0.15) is 0 Å². The van der Waals surface area contributed by atoms with Crippen molar-refractivity contribution in [3.8, 4) is 0 Å². The van der Waals surface area contributed by atoms with Crippen molar-refractivity contribution in [3.63, 3.8) is 0 Å². The summed E-state index contributed by atoms with van der Waals surface area (Å²) in [5, 5.41) is 5.47. The zero-order chi connectivity index (χ0) is 18.7. The van der Waals surface area contributed by atoms with Gasteiger partial charge < -0.3 is 10.1 Å². The smallest absolute Gasteiger partial charge is 0.341 e. The van der Waals surface area contributed by atoms with E-state index in [1.54, 1.807) is 17.4 Å². The molecule has 4 nitrogen and oxygen atoms in total. The molecule has 0 aliphatic heterocycles. The number of esters is 1. The summed E-state index contributed by atoms with van der Waals surface area (Å²) in [5.41, 5.74) is 1.60. The van der Waals surface area contributed by atoms with Gasteiger partial charge in [0.1, 0.15) is 5.00 Å². The van der Waals surface area contributed by atoms with E-state index in [0.29, 0.717) is 16.5 Å². The molecule has 0 saturated heterocycles. The van der Waals surface area contributed by atoms with Crippen molar-refractivity contribution in [2.24, 2.45) is 5.92 Å². The Labute approximate surface area is 161 Å². The van der Waals surface area contributed by atoms with Gasteiger partial charge in [-0.1, -0.05) is 13.0 Å². The van der Waals surface area contributed by atoms with E-state index in [-0.39, 0.29) is 18.0 Å². The number of nitrogens with one attached hydrogen (secondary N) is 1. The van der Waals surface area contributed by atoms with Gasteiger partial charge in [-0.25, -0.2) is 4.79 Å². The van der Waals surface area contributed by atoms with Crippen molar-refractivity contribution in [1.82, 2.24) is 0 Å². The molecule has 2 aromatic heterocycles. The number of hydrogen-bond acceptors (Lipinski definition) is 5. The van der Waals surface area contributed by atoms with E-state index in [1.807, 2.05) is 31.4 Å². The van der Waals surface area contributed by atoms with E-state index in [1.165, 1.54) is 22.3 Å². The molecule has 26 heavy (non-hydrogen) atoms. The number of ether oxygens (including phenoxy) is 1. The molecule has 0 radical (unpaired) electrons. The number of anilines is 1. The van der Waals surface area contributed by atoms with Crippen LogP contribution in [0.1, 0.15) is 52.9 Å². The minimum absolute atomic E-state index is 0.192. The molecule has 2 aromatic rings. The highest BCUT2D eigenvalue weighted by molar-refractivity contribution is 7.17. The Bertz CT molecular complexity index is 818. The first-order valence-electron chi connectivity index (χ1n) is 8.82. The zero-order valence-corrected chi connectivity index (χ0v) is 16.8. The van der Waals surface area contributed by atoms with Crippen LogP contribution in [0.25, 0.3) is 6.08 Å². The van der Waals surface area contributed by atoms with Crippen molar-refractivity contribution in [2.75, 3.05) is 5.32 Å². The highest BCUT2D eigenvalue weighted by atomic mass is 32.1. The fourth-order valence-electron chi connectivity index (χ4n) is 3.03. The van der Waals surface area contributed by atoms with Gasteiger partial charge in [0, 0.05) is 15.8 Å². The Balaban J connectivity index is 1.85. The van der Waals surface area contributed by atoms with Gasteiger partial charge in [0.15, 0.2) is 0 Å². The second kappa shape index (κ2) is 8.18. The van der Waals surface area contributed by atoms with Crippen LogP contribution in [-0.2, 0) is 22.4 Å². The topological polar surface area (TPSA) is 55.4 Å². The Morgan fingerprint density at radius 3 is 2.88 bits per heavy atom. The summed E-state index contributed by atoms with van der Waals surface area (Å²) in [6, 6.07) is 3.89. The molecule has 6 heteroatoms. The lowest BCUT2D eigenvalue weighted by Crippen LogP contribution is -2.18. The number of fused-ring (bicyclic) bond motifs is 1. The molecule has 1 aliphatic carbocycles. The number of carbonyl (C=O) groups is 2. The third kappa shape index (κ3) is 4.43. The lowest BCUT2D eigenvalue weighted by Gasteiger charge is -2.18. The van der Waals surface area contributed by atoms with E-state index in [0.717, 1.165) is 29.7 Å². The lowest BCUT2D eigenvalue weighted by molar-refractivity contribution is -0.111. The molecule has 0 fully saturated rings. The van der Waals surface area contributed by atoms with Crippen LogP contribution in [0.3, 0.4) is 0 Å². The normalized spacial score (nSPS) is 16.7. The van der Waals surface area contributed by atoms with E-state index in [9.17, 15) is 9.59 Å². The van der Waals surface area contributed by atoms with Gasteiger partial charge >= 0.3 is 5.97 Å². The first-order chi connectivity index (χ1) is 12.4. The Hall–Kier alpha value is -1.92. The predicted molar refractivity (Wildman–Crippen MR) is 108 cm³/mol. The molecule has 1 atom stereocenters. The highest BCUT2D eigenvalue weighted by Gasteiger charge is 2.29. The lowest BCUT2D eigenvalue weighted by atomic mass is 9.88. The molecule has 0 bridgehead atoms. The maximum absolute atomic E-state index is 12.6. The summed E-state index contributed by atoms with van der Waals surface area (Å²) >= 11 is 3.08. The number of rotatable bonds is 5. The second-order valence-corrected chi connectivity index (χ2v) is 8.93. The summed E-state index contributed by atoms with van der Waals surface area (Å²) in [5.74, 6) is 0.0191. The van der Waals surface area contributed by atoms with Gasteiger partial charge in [-0.15, -0.1) is 22.7 Å². The monoisotopic (exact) mass is 389 g/mol. The van der Waals surface area contributed by atoms with Crippen LogP contribution in [0.4, 0.5) is 5.00 Å². The quantitative estimate of drug-likeness (QED) is 0.568. The number of carbonyl (C=O) groups excluding carboxylic acids is 2. The van der Waals surface area contributed by atoms with Crippen LogP contribution in [0.15, 0.2) is 23.6 Å². The van der Waals surface area contributed by atoms with E-state index in [2.05, 4.69) is 12.2 Å². The first-order valence-corrected chi connectivity index (χ1v) is 10.5. The number of hydrogen-bond donors (Lipinski definition) is 1. The molecule has 0 aromatic carbocycles. The number of amides is 1. The molecular formula is C20H23NO3S2. The van der Waals surface area contributed by atoms with Crippen molar-refractivity contribution < 1.29 is 14.3 Å². The maximum Gasteiger partial charge on any atom is 0.341 e. The fourth-order valence-corrected chi connectivity index (χ4v) is 5.05.